The molecule has 0 aliphatic carbocycles. The van der Waals surface area contributed by atoms with Gasteiger partial charge in [0.2, 0.25) is 0 Å². The van der Waals surface area contributed by atoms with Gasteiger partial charge in [-0.25, -0.2) is 0 Å². The fourth-order valence-electron chi connectivity index (χ4n) is 4.11. The van der Waals surface area contributed by atoms with Crippen LogP contribution in [0, 0.1) is 0 Å². The summed E-state index contributed by atoms with van der Waals surface area (Å²) < 4.78 is 12.4. The van der Waals surface area contributed by atoms with Crippen molar-refractivity contribution < 1.29 is 14.3 Å². The Kier molecular flexibility index (Phi) is 6.56. The first-order valence-electron chi connectivity index (χ1n) is 11.1. The number of benzene rings is 3. The largest absolute Gasteiger partial charge is 0.446 e. The Hall–Kier alpha value is -3.27. The summed E-state index contributed by atoms with van der Waals surface area (Å²) in [6.07, 6.45) is 3.71. The molecule has 0 aromatic heterocycles. The van der Waals surface area contributed by atoms with Crippen LogP contribution in [0.25, 0.3) is 0 Å². The second kappa shape index (κ2) is 9.69. The number of aryl methyl sites for hydroxylation is 2. The number of carbonyl (C=O) groups excluding carboxylic acids is 1. The summed E-state index contributed by atoms with van der Waals surface area (Å²) in [5.74, 6) is 1.11. The normalized spacial score (nSPS) is 13.1. The third-order valence-electron chi connectivity index (χ3n) is 5.58. The van der Waals surface area contributed by atoms with Gasteiger partial charge in [-0.05, 0) is 48.2 Å². The Balaban J connectivity index is 1.76. The number of hydrogen-bond acceptors (Lipinski definition) is 3. The molecule has 31 heavy (non-hydrogen) atoms. The van der Waals surface area contributed by atoms with Crippen molar-refractivity contribution in [3.63, 3.8) is 0 Å². The minimum absolute atomic E-state index is 0.327. The molecular weight excluding hydrogens is 386 g/mol. The summed E-state index contributed by atoms with van der Waals surface area (Å²) in [5, 5.41) is 2.91. The fraction of sp³-hybridized carbons (Fsp3) is 0.296. The topological polar surface area (TPSA) is 47.6 Å². The number of rotatable bonds is 6. The van der Waals surface area contributed by atoms with E-state index in [-0.39, 0.29) is 5.91 Å². The Morgan fingerprint density at radius 3 is 1.87 bits per heavy atom. The van der Waals surface area contributed by atoms with Gasteiger partial charge in [-0.1, -0.05) is 69.2 Å². The van der Waals surface area contributed by atoms with Crippen LogP contribution in [0.15, 0.2) is 66.7 Å². The summed E-state index contributed by atoms with van der Waals surface area (Å²) in [6, 6.07) is 21.6. The first-order valence-corrected chi connectivity index (χ1v) is 11.1. The highest BCUT2D eigenvalue weighted by molar-refractivity contribution is 5.93. The van der Waals surface area contributed by atoms with Crippen molar-refractivity contribution in [1.82, 2.24) is 0 Å². The quantitative estimate of drug-likeness (QED) is 0.544. The second-order valence-electron chi connectivity index (χ2n) is 7.89. The second-order valence-corrected chi connectivity index (χ2v) is 7.89. The molecule has 1 amide bonds. The van der Waals surface area contributed by atoms with E-state index in [0.717, 1.165) is 54.7 Å². The molecule has 1 aliphatic heterocycles. The summed E-state index contributed by atoms with van der Waals surface area (Å²) >= 11 is 0. The number of carbonyl (C=O) groups is 1. The Morgan fingerprint density at radius 2 is 1.35 bits per heavy atom. The lowest BCUT2D eigenvalue weighted by molar-refractivity contribution is -0.134. The molecule has 0 atom stereocenters. The van der Waals surface area contributed by atoms with Crippen LogP contribution in [0.5, 0.6) is 11.5 Å². The number of anilines is 1. The SMILES string of the molecule is CCCc1cccc2c1Cc1c(CCC)cccc1OC(C(=O)Nc1ccccc1)O2. The van der Waals surface area contributed by atoms with Crippen molar-refractivity contribution in [2.24, 2.45) is 0 Å². The Morgan fingerprint density at radius 1 is 0.806 bits per heavy atom. The van der Waals surface area contributed by atoms with E-state index in [1.165, 1.54) is 11.1 Å². The van der Waals surface area contributed by atoms with Crippen molar-refractivity contribution in [3.8, 4) is 11.5 Å². The monoisotopic (exact) mass is 415 g/mol. The Bertz CT molecular complexity index is 988. The molecule has 0 fully saturated rings. The van der Waals surface area contributed by atoms with Crippen LogP contribution in [0.2, 0.25) is 0 Å². The van der Waals surface area contributed by atoms with E-state index >= 15 is 0 Å². The van der Waals surface area contributed by atoms with Crippen molar-refractivity contribution in [3.05, 3.63) is 89.0 Å². The molecule has 4 rings (SSSR count). The first-order chi connectivity index (χ1) is 15.2. The van der Waals surface area contributed by atoms with E-state index in [1.807, 2.05) is 54.6 Å². The van der Waals surface area contributed by atoms with Gasteiger partial charge in [0.05, 0.1) is 0 Å². The summed E-state index contributed by atoms with van der Waals surface area (Å²) in [5.41, 5.74) is 5.54. The van der Waals surface area contributed by atoms with Gasteiger partial charge in [-0.3, -0.25) is 4.79 Å². The molecule has 0 bridgehead atoms. The molecule has 4 heteroatoms. The van der Waals surface area contributed by atoms with E-state index in [9.17, 15) is 4.79 Å². The highest BCUT2D eigenvalue weighted by atomic mass is 16.7. The molecular formula is C27H29NO3. The maximum absolute atomic E-state index is 13.1. The maximum Gasteiger partial charge on any atom is 0.321 e. The average molecular weight is 416 g/mol. The molecule has 1 aliphatic rings. The summed E-state index contributed by atoms with van der Waals surface area (Å²) in [7, 11) is 0. The van der Waals surface area contributed by atoms with Crippen LogP contribution in [0.3, 0.4) is 0 Å². The van der Waals surface area contributed by atoms with Crippen LogP contribution in [-0.2, 0) is 24.1 Å². The molecule has 160 valence electrons. The number of ether oxygens (including phenoxy) is 2. The van der Waals surface area contributed by atoms with Crippen LogP contribution in [0.4, 0.5) is 5.69 Å². The van der Waals surface area contributed by atoms with E-state index < -0.39 is 6.29 Å². The van der Waals surface area contributed by atoms with Gasteiger partial charge >= 0.3 is 12.2 Å². The third-order valence-corrected chi connectivity index (χ3v) is 5.58. The molecule has 3 aromatic carbocycles. The van der Waals surface area contributed by atoms with Crippen molar-refractivity contribution >= 4 is 11.6 Å². The highest BCUT2D eigenvalue weighted by Gasteiger charge is 2.29. The van der Waals surface area contributed by atoms with Crippen LogP contribution in [0.1, 0.15) is 48.9 Å². The van der Waals surface area contributed by atoms with Crippen LogP contribution >= 0.6 is 0 Å². The van der Waals surface area contributed by atoms with Gasteiger partial charge in [0.15, 0.2) is 0 Å². The van der Waals surface area contributed by atoms with Crippen molar-refractivity contribution in [1.29, 1.82) is 0 Å². The molecule has 4 nitrogen and oxygen atoms in total. The lowest BCUT2D eigenvalue weighted by Gasteiger charge is -2.27. The minimum Gasteiger partial charge on any atom is -0.446 e. The van der Waals surface area contributed by atoms with Gasteiger partial charge < -0.3 is 14.8 Å². The predicted octanol–water partition coefficient (Wildman–Crippen LogP) is 5.92. The highest BCUT2D eigenvalue weighted by Crippen LogP contribution is 2.36. The number of nitrogens with one attached hydrogen (secondary N) is 1. The molecule has 0 saturated carbocycles. The van der Waals surface area contributed by atoms with E-state index in [2.05, 4.69) is 31.3 Å². The fourth-order valence-corrected chi connectivity index (χ4v) is 4.11. The number of amides is 1. The first kappa shape index (κ1) is 21.0. The van der Waals surface area contributed by atoms with E-state index in [0.29, 0.717) is 5.69 Å². The zero-order valence-corrected chi connectivity index (χ0v) is 18.2. The van der Waals surface area contributed by atoms with Crippen LogP contribution < -0.4 is 14.8 Å². The van der Waals surface area contributed by atoms with Crippen LogP contribution in [-0.4, -0.2) is 12.2 Å². The molecule has 0 spiro atoms. The summed E-state index contributed by atoms with van der Waals surface area (Å²) in [6.45, 7) is 4.36. The standard InChI is InChI=1S/C27H29NO3/c1-3-10-19-12-8-16-24-22(19)18-23-20(11-4-2)13-9-17-25(23)31-27(30-24)26(29)28-21-14-6-5-7-15-21/h5-9,12-17,27H,3-4,10-11,18H2,1-2H3,(H,28,29). The summed E-state index contributed by atoms with van der Waals surface area (Å²) in [4.78, 5) is 13.1. The lowest BCUT2D eigenvalue weighted by atomic mass is 9.91. The van der Waals surface area contributed by atoms with Gasteiger partial charge in [0.25, 0.3) is 0 Å². The van der Waals surface area contributed by atoms with E-state index in [1.54, 1.807) is 0 Å². The lowest BCUT2D eigenvalue weighted by Crippen LogP contribution is -2.39. The zero-order chi connectivity index (χ0) is 21.6. The minimum atomic E-state index is -1.08. The van der Waals surface area contributed by atoms with Gasteiger partial charge in [-0.15, -0.1) is 0 Å². The number of para-hydroxylation sites is 1. The van der Waals surface area contributed by atoms with Crippen molar-refractivity contribution in [2.45, 2.75) is 52.2 Å². The van der Waals surface area contributed by atoms with Gasteiger partial charge in [0, 0.05) is 23.2 Å². The van der Waals surface area contributed by atoms with E-state index in [4.69, 9.17) is 9.47 Å². The molecule has 3 aromatic rings. The molecule has 0 saturated heterocycles. The Labute approximate surface area is 184 Å². The smallest absolute Gasteiger partial charge is 0.321 e. The number of hydrogen-bond donors (Lipinski definition) is 1. The molecule has 0 radical (unpaired) electrons. The molecule has 0 unspecified atom stereocenters. The predicted molar refractivity (Wildman–Crippen MR) is 124 cm³/mol. The van der Waals surface area contributed by atoms with Gasteiger partial charge in [-0.2, -0.15) is 0 Å². The average Bonchev–Trinajstić information content (AvgIpc) is 2.76. The van der Waals surface area contributed by atoms with Gasteiger partial charge in [0.1, 0.15) is 11.5 Å². The molecule has 1 N–H and O–H groups in total. The number of fused-ring (bicyclic) bond motifs is 2. The zero-order valence-electron chi connectivity index (χ0n) is 18.2. The third kappa shape index (κ3) is 4.74. The van der Waals surface area contributed by atoms with Crippen molar-refractivity contribution in [2.75, 3.05) is 5.32 Å². The molecule has 1 heterocycles. The maximum atomic E-state index is 13.1.